The van der Waals surface area contributed by atoms with Crippen LogP contribution >= 0.6 is 0 Å². The lowest BCUT2D eigenvalue weighted by atomic mass is 9.89. The molecule has 1 aliphatic heterocycles. The van der Waals surface area contributed by atoms with Gasteiger partial charge in [0.05, 0.1) is 13.2 Å². The lowest BCUT2D eigenvalue weighted by Gasteiger charge is -2.39. The summed E-state index contributed by atoms with van der Waals surface area (Å²) >= 11 is 0. The number of hydrogen-bond acceptors (Lipinski definition) is 4. The molecule has 0 atom stereocenters. The van der Waals surface area contributed by atoms with E-state index in [0.717, 1.165) is 45.4 Å². The van der Waals surface area contributed by atoms with Gasteiger partial charge in [-0.1, -0.05) is 6.07 Å². The molecule has 1 aromatic heterocycles. The average Bonchev–Trinajstić information content (AvgIpc) is 2.89. The van der Waals surface area contributed by atoms with Crippen LogP contribution in [0, 0.1) is 0 Å². The van der Waals surface area contributed by atoms with Gasteiger partial charge in [-0.2, -0.15) is 0 Å². The molecule has 0 radical (unpaired) electrons. The highest BCUT2D eigenvalue weighted by Crippen LogP contribution is 2.37. The molecular formula is C15H22N2O2. The van der Waals surface area contributed by atoms with Crippen molar-refractivity contribution in [3.05, 3.63) is 30.1 Å². The maximum Gasteiger partial charge on any atom is 0.168 e. The SMILES string of the molecule is CN(Cc1cccnc1)C1CCC2(CC1)OCCO2. The summed E-state index contributed by atoms with van der Waals surface area (Å²) in [5.41, 5.74) is 1.28. The van der Waals surface area contributed by atoms with E-state index in [1.807, 2.05) is 18.5 Å². The minimum atomic E-state index is -0.244. The maximum absolute atomic E-state index is 5.78. The maximum atomic E-state index is 5.78. The Bertz CT molecular complexity index is 394. The second kappa shape index (κ2) is 5.57. The molecule has 2 fully saturated rings. The van der Waals surface area contributed by atoms with Gasteiger partial charge in [0.15, 0.2) is 5.79 Å². The third kappa shape index (κ3) is 2.96. The van der Waals surface area contributed by atoms with E-state index in [0.29, 0.717) is 6.04 Å². The van der Waals surface area contributed by atoms with Crippen LogP contribution in [0.3, 0.4) is 0 Å². The Hall–Kier alpha value is -0.970. The lowest BCUT2D eigenvalue weighted by Crippen LogP contribution is -2.42. The average molecular weight is 262 g/mol. The van der Waals surface area contributed by atoms with E-state index in [9.17, 15) is 0 Å². The first-order chi connectivity index (χ1) is 9.27. The molecule has 4 nitrogen and oxygen atoms in total. The van der Waals surface area contributed by atoms with Gasteiger partial charge in [0.1, 0.15) is 0 Å². The molecule has 1 aliphatic carbocycles. The zero-order chi connectivity index (χ0) is 13.1. The number of ether oxygens (including phenoxy) is 2. The normalized spacial score (nSPS) is 23.3. The van der Waals surface area contributed by atoms with Crippen molar-refractivity contribution in [2.45, 2.75) is 44.1 Å². The van der Waals surface area contributed by atoms with E-state index in [1.165, 1.54) is 5.56 Å². The third-order valence-corrected chi connectivity index (χ3v) is 4.31. The zero-order valence-electron chi connectivity index (χ0n) is 11.5. The van der Waals surface area contributed by atoms with Gasteiger partial charge in [-0.25, -0.2) is 0 Å². The van der Waals surface area contributed by atoms with E-state index in [-0.39, 0.29) is 5.79 Å². The summed E-state index contributed by atoms with van der Waals surface area (Å²) in [6.07, 6.45) is 8.12. The van der Waals surface area contributed by atoms with Crippen LogP contribution in [-0.2, 0) is 16.0 Å². The summed E-state index contributed by atoms with van der Waals surface area (Å²) in [4.78, 5) is 6.60. The highest BCUT2D eigenvalue weighted by atomic mass is 16.7. The smallest absolute Gasteiger partial charge is 0.168 e. The van der Waals surface area contributed by atoms with Gasteiger partial charge in [-0.05, 0) is 31.5 Å². The van der Waals surface area contributed by atoms with E-state index in [2.05, 4.69) is 23.0 Å². The van der Waals surface area contributed by atoms with Crippen molar-refractivity contribution in [3.8, 4) is 0 Å². The summed E-state index contributed by atoms with van der Waals surface area (Å²) in [5.74, 6) is -0.244. The molecule has 104 valence electrons. The molecule has 19 heavy (non-hydrogen) atoms. The molecule has 2 aliphatic rings. The van der Waals surface area contributed by atoms with Crippen molar-refractivity contribution in [3.63, 3.8) is 0 Å². The molecule has 0 unspecified atom stereocenters. The van der Waals surface area contributed by atoms with Gasteiger partial charge in [0.25, 0.3) is 0 Å². The number of hydrogen-bond donors (Lipinski definition) is 0. The first-order valence-electron chi connectivity index (χ1n) is 7.14. The highest BCUT2D eigenvalue weighted by Gasteiger charge is 2.40. The van der Waals surface area contributed by atoms with Crippen molar-refractivity contribution in [1.82, 2.24) is 9.88 Å². The summed E-state index contributed by atoms with van der Waals surface area (Å²) < 4.78 is 11.6. The molecular weight excluding hydrogens is 240 g/mol. The van der Waals surface area contributed by atoms with Gasteiger partial charge >= 0.3 is 0 Å². The number of aromatic nitrogens is 1. The van der Waals surface area contributed by atoms with Crippen LogP contribution < -0.4 is 0 Å². The van der Waals surface area contributed by atoms with Crippen LogP contribution in [0.25, 0.3) is 0 Å². The Balaban J connectivity index is 1.53. The van der Waals surface area contributed by atoms with Crippen LogP contribution in [0.2, 0.25) is 0 Å². The monoisotopic (exact) mass is 262 g/mol. The van der Waals surface area contributed by atoms with E-state index < -0.39 is 0 Å². The van der Waals surface area contributed by atoms with Crippen LogP contribution in [0.15, 0.2) is 24.5 Å². The molecule has 1 saturated carbocycles. The van der Waals surface area contributed by atoms with Crippen LogP contribution in [0.5, 0.6) is 0 Å². The predicted octanol–water partition coefficient (Wildman–Crippen LogP) is 2.20. The number of nitrogens with zero attached hydrogens (tertiary/aromatic N) is 2. The predicted molar refractivity (Wildman–Crippen MR) is 72.6 cm³/mol. The Morgan fingerprint density at radius 1 is 1.32 bits per heavy atom. The first-order valence-corrected chi connectivity index (χ1v) is 7.14. The lowest BCUT2D eigenvalue weighted by molar-refractivity contribution is -0.183. The Kier molecular flexibility index (Phi) is 3.82. The second-order valence-corrected chi connectivity index (χ2v) is 5.62. The van der Waals surface area contributed by atoms with Gasteiger partial charge in [0, 0.05) is 37.8 Å². The second-order valence-electron chi connectivity index (χ2n) is 5.62. The summed E-state index contributed by atoms with van der Waals surface area (Å²) in [6.45, 7) is 2.49. The van der Waals surface area contributed by atoms with Crippen molar-refractivity contribution >= 4 is 0 Å². The van der Waals surface area contributed by atoms with E-state index in [4.69, 9.17) is 9.47 Å². The van der Waals surface area contributed by atoms with E-state index >= 15 is 0 Å². The molecule has 1 saturated heterocycles. The molecule has 0 aromatic carbocycles. The van der Waals surface area contributed by atoms with E-state index in [1.54, 1.807) is 0 Å². The molecule has 1 spiro atoms. The first kappa shape index (κ1) is 13.0. The molecule has 3 rings (SSSR count). The summed E-state index contributed by atoms with van der Waals surface area (Å²) in [6, 6.07) is 4.76. The molecule has 1 aromatic rings. The fraction of sp³-hybridized carbons (Fsp3) is 0.667. The quantitative estimate of drug-likeness (QED) is 0.836. The van der Waals surface area contributed by atoms with Crippen molar-refractivity contribution in [1.29, 1.82) is 0 Å². The molecule has 4 heteroatoms. The topological polar surface area (TPSA) is 34.6 Å². The Morgan fingerprint density at radius 2 is 2.05 bits per heavy atom. The standard InChI is InChI=1S/C15H22N2O2/c1-17(12-13-3-2-8-16-11-13)14-4-6-15(7-5-14)18-9-10-19-15/h2-3,8,11,14H,4-7,9-10,12H2,1H3. The molecule has 0 bridgehead atoms. The fourth-order valence-corrected chi connectivity index (χ4v) is 3.18. The minimum Gasteiger partial charge on any atom is -0.348 e. The minimum absolute atomic E-state index is 0.244. The highest BCUT2D eigenvalue weighted by molar-refractivity contribution is 5.08. The van der Waals surface area contributed by atoms with Crippen molar-refractivity contribution in [2.75, 3.05) is 20.3 Å². The fourth-order valence-electron chi connectivity index (χ4n) is 3.18. The third-order valence-electron chi connectivity index (χ3n) is 4.31. The van der Waals surface area contributed by atoms with Crippen LogP contribution in [0.4, 0.5) is 0 Å². The van der Waals surface area contributed by atoms with Gasteiger partial charge in [-0.3, -0.25) is 9.88 Å². The summed E-state index contributed by atoms with van der Waals surface area (Å²) in [5, 5.41) is 0. The molecule has 2 heterocycles. The zero-order valence-corrected chi connectivity index (χ0v) is 11.5. The van der Waals surface area contributed by atoms with Gasteiger partial charge < -0.3 is 9.47 Å². The molecule has 0 N–H and O–H groups in total. The number of rotatable bonds is 3. The number of pyridine rings is 1. The molecule has 0 amide bonds. The van der Waals surface area contributed by atoms with Crippen molar-refractivity contribution in [2.24, 2.45) is 0 Å². The summed E-state index contributed by atoms with van der Waals surface area (Å²) in [7, 11) is 2.20. The van der Waals surface area contributed by atoms with Gasteiger partial charge in [0.2, 0.25) is 0 Å². The Morgan fingerprint density at radius 3 is 2.68 bits per heavy atom. The largest absolute Gasteiger partial charge is 0.348 e. The Labute approximate surface area is 114 Å². The van der Waals surface area contributed by atoms with Crippen molar-refractivity contribution < 1.29 is 9.47 Å². The van der Waals surface area contributed by atoms with Crippen LogP contribution in [0.1, 0.15) is 31.2 Å². The van der Waals surface area contributed by atoms with Gasteiger partial charge in [-0.15, -0.1) is 0 Å². The van der Waals surface area contributed by atoms with Crippen LogP contribution in [-0.4, -0.2) is 42.0 Å².